The molecule has 0 fully saturated rings. The van der Waals surface area contributed by atoms with E-state index < -0.39 is 17.9 Å². The molecule has 0 saturated carbocycles. The second kappa shape index (κ2) is 9.79. The maximum Gasteiger partial charge on any atom is 0.326 e. The quantitative estimate of drug-likeness (QED) is 0.515. The van der Waals surface area contributed by atoms with Crippen LogP contribution in [0.5, 0.6) is 0 Å². The van der Waals surface area contributed by atoms with Gasteiger partial charge < -0.3 is 10.0 Å². The summed E-state index contributed by atoms with van der Waals surface area (Å²) in [4.78, 5) is 27.0. The lowest BCUT2D eigenvalue weighted by Crippen LogP contribution is -2.46. The van der Waals surface area contributed by atoms with Gasteiger partial charge in [0.2, 0.25) is 0 Å². The molecule has 3 rings (SSSR count). The fraction of sp³-hybridized carbons (Fsp3) is 0.167. The molecule has 4 nitrogen and oxygen atoms in total. The predicted octanol–water partition coefficient (Wildman–Crippen LogP) is 5.64. The summed E-state index contributed by atoms with van der Waals surface area (Å²) in [7, 11) is 0. The van der Waals surface area contributed by atoms with Crippen LogP contribution in [0.25, 0.3) is 0 Å². The first kappa shape index (κ1) is 21.9. The molecular formula is C24H21Cl2NO3. The summed E-state index contributed by atoms with van der Waals surface area (Å²) in [5.74, 6) is -1.54. The number of nitrogens with zero attached hydrogens (tertiary/aromatic N) is 1. The molecule has 1 amide bonds. The van der Waals surface area contributed by atoms with Gasteiger partial charge in [0.15, 0.2) is 0 Å². The highest BCUT2D eigenvalue weighted by Crippen LogP contribution is 2.25. The van der Waals surface area contributed by atoms with E-state index in [1.54, 1.807) is 6.07 Å². The van der Waals surface area contributed by atoms with Crippen molar-refractivity contribution in [2.75, 3.05) is 0 Å². The third-order valence-corrected chi connectivity index (χ3v) is 5.34. The largest absolute Gasteiger partial charge is 0.480 e. The Labute approximate surface area is 185 Å². The van der Waals surface area contributed by atoms with Crippen LogP contribution in [-0.2, 0) is 17.8 Å². The fourth-order valence-corrected chi connectivity index (χ4v) is 3.81. The van der Waals surface area contributed by atoms with E-state index in [4.69, 9.17) is 23.2 Å². The Kier molecular flexibility index (Phi) is 7.14. The summed E-state index contributed by atoms with van der Waals surface area (Å²) >= 11 is 12.2. The number of benzene rings is 3. The first-order valence-electron chi connectivity index (χ1n) is 9.43. The van der Waals surface area contributed by atoms with Gasteiger partial charge in [0.1, 0.15) is 6.04 Å². The fourth-order valence-electron chi connectivity index (χ4n) is 3.32. The van der Waals surface area contributed by atoms with E-state index in [9.17, 15) is 14.7 Å². The number of aryl methyl sites for hydroxylation is 1. The van der Waals surface area contributed by atoms with Crippen LogP contribution in [0.15, 0.2) is 72.8 Å². The molecule has 0 heterocycles. The second-order valence-electron chi connectivity index (χ2n) is 7.09. The monoisotopic (exact) mass is 441 g/mol. The van der Waals surface area contributed by atoms with Crippen LogP contribution in [0.4, 0.5) is 0 Å². The molecule has 0 saturated heterocycles. The first-order valence-corrected chi connectivity index (χ1v) is 10.2. The Morgan fingerprint density at radius 3 is 2.27 bits per heavy atom. The normalized spacial score (nSPS) is 11.7. The molecule has 1 atom stereocenters. The highest BCUT2D eigenvalue weighted by molar-refractivity contribution is 6.36. The Morgan fingerprint density at radius 2 is 1.63 bits per heavy atom. The van der Waals surface area contributed by atoms with Crippen LogP contribution in [-0.4, -0.2) is 27.9 Å². The van der Waals surface area contributed by atoms with Crippen molar-refractivity contribution in [1.82, 2.24) is 4.90 Å². The van der Waals surface area contributed by atoms with Crippen LogP contribution in [0.3, 0.4) is 0 Å². The van der Waals surface area contributed by atoms with Gasteiger partial charge in [-0.15, -0.1) is 0 Å². The zero-order chi connectivity index (χ0) is 21.7. The van der Waals surface area contributed by atoms with Gasteiger partial charge in [0.05, 0.1) is 10.6 Å². The molecule has 0 aliphatic rings. The SMILES string of the molecule is Cc1cccc(CN(C(=O)c2ccc(Cl)cc2Cl)[C@@H](Cc2ccccc2)C(=O)O)c1. The number of aliphatic carboxylic acids is 1. The molecule has 154 valence electrons. The topological polar surface area (TPSA) is 57.6 Å². The van der Waals surface area contributed by atoms with E-state index in [1.165, 1.54) is 17.0 Å². The summed E-state index contributed by atoms with van der Waals surface area (Å²) < 4.78 is 0. The molecule has 0 radical (unpaired) electrons. The minimum atomic E-state index is -1.08. The number of carboxylic acids is 1. The van der Waals surface area contributed by atoms with E-state index in [0.717, 1.165) is 16.7 Å². The Hall–Kier alpha value is -2.82. The van der Waals surface area contributed by atoms with Crippen molar-refractivity contribution in [3.8, 4) is 0 Å². The van der Waals surface area contributed by atoms with Crippen molar-refractivity contribution in [2.24, 2.45) is 0 Å². The Balaban J connectivity index is 2.02. The molecule has 30 heavy (non-hydrogen) atoms. The van der Waals surface area contributed by atoms with Crippen LogP contribution in [0.1, 0.15) is 27.0 Å². The number of carbonyl (C=O) groups is 2. The van der Waals surface area contributed by atoms with Crippen LogP contribution < -0.4 is 0 Å². The van der Waals surface area contributed by atoms with E-state index in [-0.39, 0.29) is 23.6 Å². The van der Waals surface area contributed by atoms with Gasteiger partial charge in [-0.1, -0.05) is 83.4 Å². The van der Waals surface area contributed by atoms with Crippen LogP contribution >= 0.6 is 23.2 Å². The molecule has 3 aromatic carbocycles. The molecule has 0 unspecified atom stereocenters. The van der Waals surface area contributed by atoms with Crippen LogP contribution in [0, 0.1) is 6.92 Å². The van der Waals surface area contributed by atoms with Gasteiger partial charge in [-0.2, -0.15) is 0 Å². The average molecular weight is 442 g/mol. The van der Waals surface area contributed by atoms with Crippen molar-refractivity contribution in [3.63, 3.8) is 0 Å². The first-order chi connectivity index (χ1) is 14.3. The van der Waals surface area contributed by atoms with E-state index >= 15 is 0 Å². The third kappa shape index (κ3) is 5.41. The van der Waals surface area contributed by atoms with Gasteiger partial charge in [0, 0.05) is 18.0 Å². The van der Waals surface area contributed by atoms with Crippen molar-refractivity contribution in [2.45, 2.75) is 25.9 Å². The lowest BCUT2D eigenvalue weighted by molar-refractivity contribution is -0.142. The van der Waals surface area contributed by atoms with Crippen LogP contribution in [0.2, 0.25) is 10.0 Å². The maximum absolute atomic E-state index is 13.4. The van der Waals surface area contributed by atoms with Crippen molar-refractivity contribution in [1.29, 1.82) is 0 Å². The van der Waals surface area contributed by atoms with E-state index in [0.29, 0.717) is 5.02 Å². The number of carbonyl (C=O) groups excluding carboxylic acids is 1. The lowest BCUT2D eigenvalue weighted by Gasteiger charge is -2.30. The molecule has 0 aliphatic carbocycles. The average Bonchev–Trinajstić information content (AvgIpc) is 2.71. The number of amides is 1. The van der Waals surface area contributed by atoms with Gasteiger partial charge >= 0.3 is 5.97 Å². The lowest BCUT2D eigenvalue weighted by atomic mass is 10.0. The van der Waals surface area contributed by atoms with Gasteiger partial charge in [-0.3, -0.25) is 4.79 Å². The van der Waals surface area contributed by atoms with E-state index in [1.807, 2.05) is 61.5 Å². The minimum Gasteiger partial charge on any atom is -0.480 e. The smallest absolute Gasteiger partial charge is 0.326 e. The third-order valence-electron chi connectivity index (χ3n) is 4.79. The van der Waals surface area contributed by atoms with Gasteiger partial charge in [0.25, 0.3) is 5.91 Å². The summed E-state index contributed by atoms with van der Waals surface area (Å²) in [6, 6.07) is 20.4. The van der Waals surface area contributed by atoms with E-state index in [2.05, 4.69) is 0 Å². The molecule has 0 aromatic heterocycles. The number of hydrogen-bond donors (Lipinski definition) is 1. The summed E-state index contributed by atoms with van der Waals surface area (Å²) in [6.45, 7) is 2.09. The molecule has 0 bridgehead atoms. The second-order valence-corrected chi connectivity index (χ2v) is 7.93. The summed E-state index contributed by atoms with van der Waals surface area (Å²) in [5, 5.41) is 10.6. The number of rotatable bonds is 7. The van der Waals surface area contributed by atoms with Crippen molar-refractivity contribution >= 4 is 35.1 Å². The standard InChI is InChI=1S/C24H21Cl2NO3/c1-16-6-5-9-18(12-16)15-27(23(28)20-11-10-19(25)14-21(20)26)22(24(29)30)13-17-7-3-2-4-8-17/h2-12,14,22H,13,15H2,1H3,(H,29,30)/t22-/m0/s1. The molecule has 0 aliphatic heterocycles. The van der Waals surface area contributed by atoms with Crippen molar-refractivity contribution < 1.29 is 14.7 Å². The molecule has 0 spiro atoms. The van der Waals surface area contributed by atoms with Gasteiger partial charge in [-0.05, 0) is 36.2 Å². The maximum atomic E-state index is 13.4. The predicted molar refractivity (Wildman–Crippen MR) is 119 cm³/mol. The Bertz CT molecular complexity index is 1050. The van der Waals surface area contributed by atoms with Crippen molar-refractivity contribution in [3.05, 3.63) is 105 Å². The summed E-state index contributed by atoms with van der Waals surface area (Å²) in [6.07, 6.45) is 0.180. The highest BCUT2D eigenvalue weighted by Gasteiger charge is 2.31. The molecule has 3 aromatic rings. The summed E-state index contributed by atoms with van der Waals surface area (Å²) in [5.41, 5.74) is 2.91. The van der Waals surface area contributed by atoms with Gasteiger partial charge in [-0.25, -0.2) is 4.79 Å². The Morgan fingerprint density at radius 1 is 0.933 bits per heavy atom. The zero-order valence-corrected chi connectivity index (χ0v) is 17.9. The number of halogens is 2. The molecular weight excluding hydrogens is 421 g/mol. The minimum absolute atomic E-state index is 0.142. The number of carboxylic acid groups (broad SMARTS) is 1. The molecule has 1 N–H and O–H groups in total. The zero-order valence-electron chi connectivity index (χ0n) is 16.4. The highest BCUT2D eigenvalue weighted by atomic mass is 35.5. The molecule has 6 heteroatoms. The number of hydrogen-bond acceptors (Lipinski definition) is 2.